The molecule has 3 atom stereocenters. The lowest BCUT2D eigenvalue weighted by molar-refractivity contribution is -0.124. The van der Waals surface area contributed by atoms with Gasteiger partial charge in [0.2, 0.25) is 0 Å². The zero-order valence-electron chi connectivity index (χ0n) is 21.2. The fraction of sp³-hybridized carbons (Fsp3) is 0.621. The number of benzene rings is 1. The van der Waals surface area contributed by atoms with Gasteiger partial charge in [-0.05, 0) is 61.0 Å². The van der Waals surface area contributed by atoms with E-state index in [4.69, 9.17) is 4.98 Å². The summed E-state index contributed by atoms with van der Waals surface area (Å²) in [5.41, 5.74) is 3.28. The van der Waals surface area contributed by atoms with Crippen LogP contribution in [0.3, 0.4) is 0 Å². The molecule has 1 aliphatic rings. The van der Waals surface area contributed by atoms with Gasteiger partial charge in [-0.1, -0.05) is 65.3 Å². The first-order valence-electron chi connectivity index (χ1n) is 12.8. The van der Waals surface area contributed by atoms with Crippen LogP contribution in [0, 0.1) is 11.8 Å². The minimum Gasteiger partial charge on any atom is -0.299 e. The standard InChI is InChI=1S/C29H41NO2S/c1-6-10-26(31)20(2)21-12-9-13-23(16-15-21)28-30-25(19-33-28)27(32)18-17-22-11-7-8-14-24(22)29(3,4)5/h7-8,11,14,19-21,23H,6,9-10,12-13,15-18H2,1-5H3/t20-,21?,23?/m0/s1. The number of Topliss-reactive ketones (excluding diaryl/α,β-unsaturated/α-hetero) is 2. The lowest BCUT2D eigenvalue weighted by Crippen LogP contribution is -2.20. The second-order valence-electron chi connectivity index (χ2n) is 10.9. The Morgan fingerprint density at radius 1 is 1.09 bits per heavy atom. The summed E-state index contributed by atoms with van der Waals surface area (Å²) in [6.45, 7) is 10.9. The summed E-state index contributed by atoms with van der Waals surface area (Å²) in [6.07, 6.45) is 8.47. The quantitative estimate of drug-likeness (QED) is 0.278. The molecule has 0 radical (unpaired) electrons. The Kier molecular flexibility index (Phi) is 9.03. The van der Waals surface area contributed by atoms with Gasteiger partial charge in [-0.2, -0.15) is 0 Å². The molecular formula is C29H41NO2S. The molecule has 0 amide bonds. The minimum atomic E-state index is 0.0729. The molecule has 1 aromatic heterocycles. The Labute approximate surface area is 204 Å². The van der Waals surface area contributed by atoms with Gasteiger partial charge in [0, 0.05) is 30.1 Å². The van der Waals surface area contributed by atoms with E-state index in [2.05, 4.69) is 58.9 Å². The molecule has 3 rings (SSSR count). The highest BCUT2D eigenvalue weighted by molar-refractivity contribution is 7.09. The lowest BCUT2D eigenvalue weighted by Gasteiger charge is -2.22. The van der Waals surface area contributed by atoms with Gasteiger partial charge in [-0.3, -0.25) is 9.59 Å². The first-order valence-corrected chi connectivity index (χ1v) is 13.7. The number of aromatic nitrogens is 1. The third-order valence-electron chi connectivity index (χ3n) is 7.33. The van der Waals surface area contributed by atoms with Crippen molar-refractivity contribution in [2.45, 2.75) is 104 Å². The van der Waals surface area contributed by atoms with Crippen molar-refractivity contribution in [3.05, 3.63) is 51.5 Å². The van der Waals surface area contributed by atoms with Crippen LogP contribution in [0.25, 0.3) is 0 Å². The molecule has 1 aromatic carbocycles. The maximum Gasteiger partial charge on any atom is 0.182 e. The molecule has 1 fully saturated rings. The molecule has 33 heavy (non-hydrogen) atoms. The molecule has 0 saturated heterocycles. The van der Waals surface area contributed by atoms with Crippen molar-refractivity contribution >= 4 is 22.9 Å². The van der Waals surface area contributed by atoms with E-state index in [1.54, 1.807) is 11.3 Å². The smallest absolute Gasteiger partial charge is 0.182 e. The second-order valence-corrected chi connectivity index (χ2v) is 11.8. The van der Waals surface area contributed by atoms with E-state index in [-0.39, 0.29) is 17.1 Å². The van der Waals surface area contributed by atoms with Crippen LogP contribution >= 0.6 is 11.3 Å². The molecule has 0 aliphatic heterocycles. The number of carbonyl (C=O) groups excluding carboxylic acids is 2. The number of ketones is 2. The van der Waals surface area contributed by atoms with E-state index in [0.717, 1.165) is 50.0 Å². The molecule has 2 aromatic rings. The highest BCUT2D eigenvalue weighted by Crippen LogP contribution is 2.38. The maximum atomic E-state index is 12.9. The van der Waals surface area contributed by atoms with Crippen LogP contribution in [0.1, 0.15) is 119 Å². The largest absolute Gasteiger partial charge is 0.299 e. The topological polar surface area (TPSA) is 47.0 Å². The van der Waals surface area contributed by atoms with Crippen LogP contribution in [0.15, 0.2) is 29.6 Å². The zero-order valence-corrected chi connectivity index (χ0v) is 22.0. The number of carbonyl (C=O) groups is 2. The number of hydrogen-bond acceptors (Lipinski definition) is 4. The van der Waals surface area contributed by atoms with Crippen molar-refractivity contribution in [2.75, 3.05) is 0 Å². The summed E-state index contributed by atoms with van der Waals surface area (Å²) in [5, 5.41) is 3.07. The molecule has 1 aliphatic carbocycles. The van der Waals surface area contributed by atoms with E-state index in [0.29, 0.717) is 36.2 Å². The van der Waals surface area contributed by atoms with E-state index in [9.17, 15) is 9.59 Å². The lowest BCUT2D eigenvalue weighted by atomic mass is 9.82. The van der Waals surface area contributed by atoms with Gasteiger partial charge in [-0.15, -0.1) is 11.3 Å². The van der Waals surface area contributed by atoms with Crippen LogP contribution in [-0.2, 0) is 16.6 Å². The Morgan fingerprint density at radius 3 is 2.58 bits per heavy atom. The van der Waals surface area contributed by atoms with Gasteiger partial charge in [0.05, 0.1) is 5.01 Å². The Morgan fingerprint density at radius 2 is 1.85 bits per heavy atom. The molecule has 1 heterocycles. The molecule has 0 N–H and O–H groups in total. The fourth-order valence-corrected chi connectivity index (χ4v) is 6.26. The Bertz CT molecular complexity index is 939. The van der Waals surface area contributed by atoms with Gasteiger partial charge < -0.3 is 0 Å². The van der Waals surface area contributed by atoms with Crippen molar-refractivity contribution in [3.8, 4) is 0 Å². The number of nitrogens with zero attached hydrogens (tertiary/aromatic N) is 1. The number of hydrogen-bond donors (Lipinski definition) is 0. The van der Waals surface area contributed by atoms with Gasteiger partial charge in [0.15, 0.2) is 5.78 Å². The average Bonchev–Trinajstić information content (AvgIpc) is 3.15. The van der Waals surface area contributed by atoms with Crippen LogP contribution in [0.5, 0.6) is 0 Å². The van der Waals surface area contributed by atoms with Crippen LogP contribution in [0.2, 0.25) is 0 Å². The summed E-state index contributed by atoms with van der Waals surface area (Å²) in [4.78, 5) is 30.1. The van der Waals surface area contributed by atoms with Crippen molar-refractivity contribution in [1.82, 2.24) is 4.98 Å². The molecule has 2 unspecified atom stereocenters. The highest BCUT2D eigenvalue weighted by Gasteiger charge is 2.28. The van der Waals surface area contributed by atoms with Gasteiger partial charge in [0.1, 0.15) is 11.5 Å². The van der Waals surface area contributed by atoms with Gasteiger partial charge >= 0.3 is 0 Å². The Hall–Kier alpha value is -1.81. The van der Waals surface area contributed by atoms with Crippen LogP contribution < -0.4 is 0 Å². The monoisotopic (exact) mass is 467 g/mol. The first-order chi connectivity index (χ1) is 15.7. The predicted molar refractivity (Wildman–Crippen MR) is 138 cm³/mol. The minimum absolute atomic E-state index is 0.0729. The first kappa shape index (κ1) is 25.8. The number of rotatable bonds is 9. The normalized spacial score (nSPS) is 20.3. The maximum absolute atomic E-state index is 12.9. The number of aryl methyl sites for hydroxylation is 1. The van der Waals surface area contributed by atoms with Crippen molar-refractivity contribution < 1.29 is 9.59 Å². The van der Waals surface area contributed by atoms with E-state index in [1.165, 1.54) is 11.1 Å². The summed E-state index contributed by atoms with van der Waals surface area (Å²) in [5.74, 6) is 1.67. The van der Waals surface area contributed by atoms with Crippen molar-refractivity contribution in [2.24, 2.45) is 11.8 Å². The highest BCUT2D eigenvalue weighted by atomic mass is 32.1. The van der Waals surface area contributed by atoms with Crippen molar-refractivity contribution in [1.29, 1.82) is 0 Å². The van der Waals surface area contributed by atoms with Gasteiger partial charge in [0.25, 0.3) is 0 Å². The molecule has 3 nitrogen and oxygen atoms in total. The predicted octanol–water partition coefficient (Wildman–Crippen LogP) is 7.93. The summed E-state index contributed by atoms with van der Waals surface area (Å²) in [7, 11) is 0. The SMILES string of the molecule is CCCC(=O)[C@@H](C)C1CCCC(c2nc(C(=O)CCc3ccccc3C(C)(C)C)cs2)CC1. The third kappa shape index (κ3) is 6.85. The summed E-state index contributed by atoms with van der Waals surface area (Å²) in [6, 6.07) is 8.47. The summed E-state index contributed by atoms with van der Waals surface area (Å²) >= 11 is 1.65. The summed E-state index contributed by atoms with van der Waals surface area (Å²) < 4.78 is 0. The van der Waals surface area contributed by atoms with Crippen molar-refractivity contribution in [3.63, 3.8) is 0 Å². The van der Waals surface area contributed by atoms with Crippen LogP contribution in [0.4, 0.5) is 0 Å². The molecule has 4 heteroatoms. The third-order valence-corrected chi connectivity index (χ3v) is 8.34. The fourth-order valence-electron chi connectivity index (χ4n) is 5.26. The van der Waals surface area contributed by atoms with E-state index >= 15 is 0 Å². The number of thiazole rings is 1. The molecular weight excluding hydrogens is 426 g/mol. The zero-order chi connectivity index (χ0) is 24.0. The van der Waals surface area contributed by atoms with E-state index in [1.807, 2.05) is 5.38 Å². The molecule has 0 bridgehead atoms. The second kappa shape index (κ2) is 11.6. The molecule has 180 valence electrons. The van der Waals surface area contributed by atoms with Crippen LogP contribution in [-0.4, -0.2) is 16.6 Å². The van der Waals surface area contributed by atoms with E-state index < -0.39 is 0 Å². The average molecular weight is 468 g/mol. The molecule has 1 saturated carbocycles. The molecule has 0 spiro atoms. The van der Waals surface area contributed by atoms with Gasteiger partial charge in [-0.25, -0.2) is 4.98 Å². The Balaban J connectivity index is 1.59.